The average Bonchev–Trinajstić information content (AvgIpc) is 2.23. The predicted molar refractivity (Wildman–Crippen MR) is 54.3 cm³/mol. The van der Waals surface area contributed by atoms with E-state index >= 15 is 0 Å². The molecule has 1 heterocycles. The molecular weight excluding hydrogens is 180 g/mol. The third kappa shape index (κ3) is 1.24. The summed E-state index contributed by atoms with van der Waals surface area (Å²) in [5.41, 5.74) is 2.51. The third-order valence-electron chi connectivity index (χ3n) is 2.45. The van der Waals surface area contributed by atoms with Crippen LogP contribution in [0, 0.1) is 0 Å². The highest BCUT2D eigenvalue weighted by Gasteiger charge is 2.21. The summed E-state index contributed by atoms with van der Waals surface area (Å²) >= 11 is 0. The van der Waals surface area contributed by atoms with Gasteiger partial charge >= 0.3 is 0 Å². The molecular formula is C10H12N2O2. The van der Waals surface area contributed by atoms with Crippen LogP contribution in [0.1, 0.15) is 5.56 Å². The minimum Gasteiger partial charge on any atom is -0.392 e. The van der Waals surface area contributed by atoms with E-state index in [2.05, 4.69) is 5.32 Å². The lowest BCUT2D eigenvalue weighted by Gasteiger charge is -2.28. The summed E-state index contributed by atoms with van der Waals surface area (Å²) in [6.07, 6.45) is 0. The van der Waals surface area contributed by atoms with Crippen molar-refractivity contribution in [2.45, 2.75) is 6.61 Å². The Morgan fingerprint density at radius 3 is 3.07 bits per heavy atom. The van der Waals surface area contributed by atoms with Gasteiger partial charge < -0.3 is 15.3 Å². The van der Waals surface area contributed by atoms with Gasteiger partial charge in [0.05, 0.1) is 24.5 Å². The van der Waals surface area contributed by atoms with Crippen LogP contribution in [0.25, 0.3) is 0 Å². The molecule has 2 N–H and O–H groups in total. The average molecular weight is 192 g/mol. The van der Waals surface area contributed by atoms with E-state index in [9.17, 15) is 4.79 Å². The second kappa shape index (κ2) is 3.31. The highest BCUT2D eigenvalue weighted by Crippen LogP contribution is 2.31. The maximum atomic E-state index is 11.4. The minimum absolute atomic E-state index is 0.0157. The van der Waals surface area contributed by atoms with Crippen molar-refractivity contribution in [2.75, 3.05) is 23.8 Å². The fraction of sp³-hybridized carbons (Fsp3) is 0.300. The van der Waals surface area contributed by atoms with E-state index in [4.69, 9.17) is 5.11 Å². The van der Waals surface area contributed by atoms with Crippen LogP contribution in [0.4, 0.5) is 11.4 Å². The van der Waals surface area contributed by atoms with Gasteiger partial charge in [-0.3, -0.25) is 4.79 Å². The minimum atomic E-state index is -0.0157. The van der Waals surface area contributed by atoms with Gasteiger partial charge in [-0.1, -0.05) is 12.1 Å². The lowest BCUT2D eigenvalue weighted by Crippen LogP contribution is -2.37. The number of fused-ring (bicyclic) bond motifs is 1. The monoisotopic (exact) mass is 192 g/mol. The second-order valence-corrected chi connectivity index (χ2v) is 3.28. The maximum absolute atomic E-state index is 11.4. The smallest absolute Gasteiger partial charge is 0.246 e. The van der Waals surface area contributed by atoms with Gasteiger partial charge in [0.2, 0.25) is 5.91 Å². The van der Waals surface area contributed by atoms with Crippen LogP contribution >= 0.6 is 0 Å². The van der Waals surface area contributed by atoms with Crippen LogP contribution in [0.2, 0.25) is 0 Å². The molecule has 0 saturated carbocycles. The molecule has 74 valence electrons. The number of hydrogen-bond acceptors (Lipinski definition) is 3. The Morgan fingerprint density at radius 2 is 2.36 bits per heavy atom. The molecule has 1 aromatic rings. The van der Waals surface area contributed by atoms with Crippen LogP contribution in [-0.4, -0.2) is 24.6 Å². The van der Waals surface area contributed by atoms with Crippen LogP contribution in [0.15, 0.2) is 18.2 Å². The van der Waals surface area contributed by atoms with Gasteiger partial charge in [0, 0.05) is 12.6 Å². The van der Waals surface area contributed by atoms with E-state index in [-0.39, 0.29) is 12.5 Å². The zero-order valence-corrected chi connectivity index (χ0v) is 7.95. The van der Waals surface area contributed by atoms with Crippen molar-refractivity contribution >= 4 is 17.3 Å². The quantitative estimate of drug-likeness (QED) is 0.684. The van der Waals surface area contributed by atoms with Crippen molar-refractivity contribution < 1.29 is 9.90 Å². The van der Waals surface area contributed by atoms with E-state index in [1.165, 1.54) is 0 Å². The number of aliphatic hydroxyl groups is 1. The standard InChI is InChI=1S/C10H12N2O2/c1-12-8-4-2-3-7(6-13)10(8)11-5-9(12)14/h2-4,11,13H,5-6H2,1H3. The summed E-state index contributed by atoms with van der Waals surface area (Å²) in [7, 11) is 1.74. The summed E-state index contributed by atoms with van der Waals surface area (Å²) in [6, 6.07) is 5.54. The molecule has 2 rings (SSSR count). The molecule has 1 aromatic carbocycles. The molecule has 14 heavy (non-hydrogen) atoms. The molecule has 0 unspecified atom stereocenters. The molecule has 4 nitrogen and oxygen atoms in total. The SMILES string of the molecule is CN1C(=O)CNc2c(CO)cccc21. The number of aliphatic hydroxyl groups excluding tert-OH is 1. The number of carbonyl (C=O) groups is 1. The van der Waals surface area contributed by atoms with Gasteiger partial charge in [0.1, 0.15) is 0 Å². The molecule has 0 atom stereocenters. The Kier molecular flexibility index (Phi) is 2.13. The van der Waals surface area contributed by atoms with Crippen LogP contribution < -0.4 is 10.2 Å². The molecule has 1 amide bonds. The van der Waals surface area contributed by atoms with Gasteiger partial charge in [-0.05, 0) is 6.07 Å². The van der Waals surface area contributed by atoms with Gasteiger partial charge in [-0.2, -0.15) is 0 Å². The number of para-hydroxylation sites is 1. The predicted octanol–water partition coefficient (Wildman–Crippen LogP) is 0.567. The normalized spacial score (nSPS) is 15.0. The number of benzene rings is 1. The number of nitrogens with one attached hydrogen (secondary N) is 1. The maximum Gasteiger partial charge on any atom is 0.246 e. The van der Waals surface area contributed by atoms with Crippen molar-refractivity contribution in [3.63, 3.8) is 0 Å². The lowest BCUT2D eigenvalue weighted by molar-refractivity contribution is -0.116. The largest absolute Gasteiger partial charge is 0.392 e. The molecule has 0 saturated heterocycles. The van der Waals surface area contributed by atoms with Crippen LogP contribution in [0.3, 0.4) is 0 Å². The Bertz CT molecular complexity index is 376. The molecule has 0 spiro atoms. The Balaban J connectivity index is 2.52. The van der Waals surface area contributed by atoms with Crippen molar-refractivity contribution in [3.8, 4) is 0 Å². The molecule has 0 aliphatic carbocycles. The molecule has 1 aliphatic rings. The van der Waals surface area contributed by atoms with Gasteiger partial charge in [0.25, 0.3) is 0 Å². The fourth-order valence-electron chi connectivity index (χ4n) is 1.62. The first-order valence-corrected chi connectivity index (χ1v) is 4.47. The van der Waals surface area contributed by atoms with Crippen LogP contribution in [0.5, 0.6) is 0 Å². The Labute approximate surface area is 82.2 Å². The summed E-state index contributed by atoms with van der Waals surface area (Å²) < 4.78 is 0. The van der Waals surface area contributed by atoms with E-state index < -0.39 is 0 Å². The third-order valence-corrected chi connectivity index (χ3v) is 2.45. The molecule has 0 bridgehead atoms. The lowest BCUT2D eigenvalue weighted by atomic mass is 10.1. The first kappa shape index (κ1) is 9.02. The number of carbonyl (C=O) groups excluding carboxylic acids is 1. The summed E-state index contributed by atoms with van der Waals surface area (Å²) in [5.74, 6) is 0.0348. The van der Waals surface area contributed by atoms with E-state index in [0.717, 1.165) is 16.9 Å². The number of hydrogen-bond donors (Lipinski definition) is 2. The molecule has 0 aromatic heterocycles. The zero-order chi connectivity index (χ0) is 10.1. The van der Waals surface area contributed by atoms with Crippen molar-refractivity contribution in [3.05, 3.63) is 23.8 Å². The molecule has 0 radical (unpaired) electrons. The Hall–Kier alpha value is -1.55. The fourth-order valence-corrected chi connectivity index (χ4v) is 1.62. The number of nitrogens with zero attached hydrogens (tertiary/aromatic N) is 1. The Morgan fingerprint density at radius 1 is 1.57 bits per heavy atom. The number of rotatable bonds is 1. The summed E-state index contributed by atoms with van der Waals surface area (Å²) in [6.45, 7) is 0.277. The van der Waals surface area contributed by atoms with E-state index in [1.54, 1.807) is 11.9 Å². The van der Waals surface area contributed by atoms with E-state index in [0.29, 0.717) is 6.54 Å². The first-order valence-electron chi connectivity index (χ1n) is 4.47. The molecule has 4 heteroatoms. The highest BCUT2D eigenvalue weighted by atomic mass is 16.3. The number of likely N-dealkylation sites (N-methyl/N-ethyl adjacent to an activating group) is 1. The summed E-state index contributed by atoms with van der Waals surface area (Å²) in [5, 5.41) is 12.1. The first-order chi connectivity index (χ1) is 6.74. The molecule has 0 fully saturated rings. The zero-order valence-electron chi connectivity index (χ0n) is 7.95. The second-order valence-electron chi connectivity index (χ2n) is 3.28. The van der Waals surface area contributed by atoms with E-state index in [1.807, 2.05) is 18.2 Å². The van der Waals surface area contributed by atoms with Gasteiger partial charge in [0.15, 0.2) is 0 Å². The van der Waals surface area contributed by atoms with Crippen molar-refractivity contribution in [2.24, 2.45) is 0 Å². The topological polar surface area (TPSA) is 52.6 Å². The van der Waals surface area contributed by atoms with Gasteiger partial charge in [-0.25, -0.2) is 0 Å². The van der Waals surface area contributed by atoms with Crippen molar-refractivity contribution in [1.82, 2.24) is 0 Å². The number of anilines is 2. The highest BCUT2D eigenvalue weighted by molar-refractivity contribution is 6.02. The van der Waals surface area contributed by atoms with Crippen molar-refractivity contribution in [1.29, 1.82) is 0 Å². The molecule has 1 aliphatic heterocycles. The van der Waals surface area contributed by atoms with Gasteiger partial charge in [-0.15, -0.1) is 0 Å². The summed E-state index contributed by atoms with van der Waals surface area (Å²) in [4.78, 5) is 13.0. The van der Waals surface area contributed by atoms with Crippen LogP contribution in [-0.2, 0) is 11.4 Å². The number of amides is 1.